The van der Waals surface area contributed by atoms with E-state index in [0.717, 1.165) is 67.2 Å². The molecule has 1 spiro atoms. The van der Waals surface area contributed by atoms with Crippen LogP contribution < -0.4 is 10.5 Å². The van der Waals surface area contributed by atoms with Crippen LogP contribution in [0.3, 0.4) is 0 Å². The first kappa shape index (κ1) is 24.0. The fraction of sp³-hybridized carbons (Fsp3) is 0.500. The fourth-order valence-electron chi connectivity index (χ4n) is 6.11. The number of aromatic nitrogens is 3. The Balaban J connectivity index is 1.10. The summed E-state index contributed by atoms with van der Waals surface area (Å²) in [6, 6.07) is 5.43. The molecule has 2 aliphatic heterocycles. The first-order valence-electron chi connectivity index (χ1n) is 12.5. The van der Waals surface area contributed by atoms with Gasteiger partial charge in [0, 0.05) is 42.9 Å². The molecule has 1 saturated carbocycles. The van der Waals surface area contributed by atoms with Gasteiger partial charge in [-0.25, -0.2) is 9.97 Å². The quantitative estimate of drug-likeness (QED) is 0.487. The van der Waals surface area contributed by atoms with Gasteiger partial charge in [-0.15, -0.1) is 13.2 Å². The summed E-state index contributed by atoms with van der Waals surface area (Å²) in [7, 11) is 0. The number of alkyl halides is 3. The molecule has 8 nitrogen and oxygen atoms in total. The summed E-state index contributed by atoms with van der Waals surface area (Å²) in [5.74, 6) is 1.07. The summed E-state index contributed by atoms with van der Waals surface area (Å²) >= 11 is 0. The SMILES string of the molecule is Nc1cc(OC(F)(F)F)ccc1C(=O)N1CCC(c2ccnc3[nH]c(CC4CC5(COC5)C4)nc23)CC1. The van der Waals surface area contributed by atoms with E-state index in [1.807, 2.05) is 6.07 Å². The van der Waals surface area contributed by atoms with Crippen LogP contribution in [-0.4, -0.2) is 58.4 Å². The topological polar surface area (TPSA) is 106 Å². The molecule has 3 aromatic rings. The smallest absolute Gasteiger partial charge is 0.406 e. The molecule has 1 amide bonds. The number of ether oxygens (including phenoxy) is 2. The molecule has 3 N–H and O–H groups in total. The standard InChI is InChI=1S/C26H28F3N5O3/c27-26(28,29)37-17-1-2-19(20(30)10-17)24(35)34-7-4-16(5-8-34)18-3-6-31-23-22(18)32-21(33-23)9-15-11-25(12-15)13-36-14-25/h1-3,6,10,15-16H,4-5,7-9,11-14,30H2,(H,31,32,33). The zero-order valence-corrected chi connectivity index (χ0v) is 20.2. The van der Waals surface area contributed by atoms with Gasteiger partial charge in [-0.1, -0.05) is 0 Å². The lowest BCUT2D eigenvalue weighted by Gasteiger charge is -2.53. The molecule has 1 aliphatic carbocycles. The number of nitrogens with one attached hydrogen (secondary N) is 1. The minimum absolute atomic E-state index is 0.0454. The van der Waals surface area contributed by atoms with Crippen molar-refractivity contribution in [3.8, 4) is 5.75 Å². The normalized spacial score (nSPS) is 20.1. The van der Waals surface area contributed by atoms with Crippen LogP contribution in [0.1, 0.15) is 53.3 Å². The van der Waals surface area contributed by atoms with Crippen molar-refractivity contribution in [1.82, 2.24) is 19.9 Å². The molecule has 3 fully saturated rings. The number of carbonyl (C=O) groups is 1. The van der Waals surface area contributed by atoms with E-state index >= 15 is 0 Å². The molecule has 2 aromatic heterocycles. The van der Waals surface area contributed by atoms with E-state index in [-0.39, 0.29) is 23.1 Å². The van der Waals surface area contributed by atoms with Crippen LogP contribution in [0.25, 0.3) is 11.2 Å². The Hall–Kier alpha value is -3.34. The molecule has 37 heavy (non-hydrogen) atoms. The molecule has 196 valence electrons. The highest BCUT2D eigenvalue weighted by Gasteiger charge is 2.49. The highest BCUT2D eigenvalue weighted by Crippen LogP contribution is 2.51. The number of halogens is 3. The summed E-state index contributed by atoms with van der Waals surface area (Å²) in [4.78, 5) is 27.5. The maximum atomic E-state index is 13.0. The number of aromatic amines is 1. The van der Waals surface area contributed by atoms with Crippen LogP contribution in [0.5, 0.6) is 5.75 Å². The van der Waals surface area contributed by atoms with Gasteiger partial charge in [-0.2, -0.15) is 0 Å². The number of piperidine rings is 1. The number of rotatable bonds is 5. The summed E-state index contributed by atoms with van der Waals surface area (Å²) in [6.45, 7) is 2.80. The number of carbonyl (C=O) groups excluding carboxylic acids is 1. The van der Waals surface area contributed by atoms with E-state index in [9.17, 15) is 18.0 Å². The number of amides is 1. The van der Waals surface area contributed by atoms with Crippen LogP contribution in [-0.2, 0) is 11.2 Å². The number of imidazole rings is 1. The summed E-state index contributed by atoms with van der Waals surface area (Å²) in [6.07, 6.45) is 1.77. The Morgan fingerprint density at radius 3 is 2.62 bits per heavy atom. The Morgan fingerprint density at radius 1 is 1.22 bits per heavy atom. The Morgan fingerprint density at radius 2 is 1.97 bits per heavy atom. The Labute approximate surface area is 211 Å². The number of benzene rings is 1. The Bertz CT molecular complexity index is 1320. The number of nitrogens with two attached hydrogens (primary N) is 1. The molecule has 4 heterocycles. The third-order valence-corrected chi connectivity index (χ3v) is 7.92. The summed E-state index contributed by atoms with van der Waals surface area (Å²) in [5.41, 5.74) is 9.25. The molecule has 1 aromatic carbocycles. The third kappa shape index (κ3) is 4.72. The van der Waals surface area contributed by atoms with E-state index in [2.05, 4.69) is 14.7 Å². The van der Waals surface area contributed by atoms with Crippen molar-refractivity contribution < 1.29 is 27.4 Å². The van der Waals surface area contributed by atoms with Gasteiger partial charge < -0.3 is 25.1 Å². The largest absolute Gasteiger partial charge is 0.573 e. The van der Waals surface area contributed by atoms with E-state index in [1.165, 1.54) is 18.9 Å². The number of likely N-dealkylation sites (tertiary alicyclic amines) is 1. The van der Waals surface area contributed by atoms with Gasteiger partial charge in [-0.3, -0.25) is 4.79 Å². The van der Waals surface area contributed by atoms with Crippen molar-refractivity contribution in [2.24, 2.45) is 11.3 Å². The lowest BCUT2D eigenvalue weighted by molar-refractivity contribution is -0.274. The van der Waals surface area contributed by atoms with Crippen molar-refractivity contribution in [2.75, 3.05) is 32.0 Å². The minimum Gasteiger partial charge on any atom is -0.406 e. The molecule has 0 unspecified atom stereocenters. The lowest BCUT2D eigenvalue weighted by Crippen LogP contribution is -2.52. The molecule has 11 heteroatoms. The monoisotopic (exact) mass is 515 g/mol. The van der Waals surface area contributed by atoms with Gasteiger partial charge in [-0.05, 0) is 61.3 Å². The van der Waals surface area contributed by atoms with Crippen LogP contribution in [0.15, 0.2) is 30.5 Å². The number of anilines is 1. The van der Waals surface area contributed by atoms with Crippen molar-refractivity contribution >= 4 is 22.8 Å². The van der Waals surface area contributed by atoms with E-state index in [4.69, 9.17) is 15.5 Å². The zero-order valence-electron chi connectivity index (χ0n) is 20.2. The number of hydrogen-bond donors (Lipinski definition) is 2. The molecule has 2 saturated heterocycles. The van der Waals surface area contributed by atoms with Gasteiger partial charge >= 0.3 is 6.36 Å². The van der Waals surface area contributed by atoms with Crippen molar-refractivity contribution in [2.45, 2.75) is 44.4 Å². The molecule has 0 radical (unpaired) electrons. The maximum Gasteiger partial charge on any atom is 0.573 e. The average molecular weight is 516 g/mol. The van der Waals surface area contributed by atoms with Crippen LogP contribution in [0, 0.1) is 11.3 Å². The second-order valence-electron chi connectivity index (χ2n) is 10.6. The van der Waals surface area contributed by atoms with Crippen molar-refractivity contribution in [3.05, 3.63) is 47.4 Å². The number of pyridine rings is 1. The van der Waals surface area contributed by atoms with E-state index in [0.29, 0.717) is 24.4 Å². The van der Waals surface area contributed by atoms with E-state index < -0.39 is 12.1 Å². The van der Waals surface area contributed by atoms with Crippen molar-refractivity contribution in [3.63, 3.8) is 0 Å². The second kappa shape index (κ2) is 8.90. The zero-order chi connectivity index (χ0) is 25.8. The summed E-state index contributed by atoms with van der Waals surface area (Å²) in [5, 5.41) is 0. The van der Waals surface area contributed by atoms with Crippen molar-refractivity contribution in [1.29, 1.82) is 0 Å². The number of nitrogens with zero attached hydrogens (tertiary/aromatic N) is 3. The van der Waals surface area contributed by atoms with Crippen LogP contribution >= 0.6 is 0 Å². The highest BCUT2D eigenvalue weighted by atomic mass is 19.4. The minimum atomic E-state index is -4.82. The molecule has 0 bridgehead atoms. The Kier molecular flexibility index (Phi) is 5.78. The van der Waals surface area contributed by atoms with Gasteiger partial charge in [0.25, 0.3) is 5.91 Å². The predicted octanol–water partition coefficient (Wildman–Crippen LogP) is 4.43. The molecule has 3 aliphatic rings. The number of nitrogen functional groups attached to an aromatic ring is 1. The molecular weight excluding hydrogens is 487 g/mol. The highest BCUT2D eigenvalue weighted by molar-refractivity contribution is 5.99. The van der Waals surface area contributed by atoms with Gasteiger partial charge in [0.1, 0.15) is 17.1 Å². The average Bonchev–Trinajstić information content (AvgIpc) is 3.21. The van der Waals surface area contributed by atoms with Gasteiger partial charge in [0.15, 0.2) is 5.65 Å². The van der Waals surface area contributed by atoms with Crippen LogP contribution in [0.2, 0.25) is 0 Å². The number of hydrogen-bond acceptors (Lipinski definition) is 6. The maximum absolute atomic E-state index is 13.0. The van der Waals surface area contributed by atoms with Gasteiger partial charge in [0.05, 0.1) is 18.8 Å². The molecule has 0 atom stereocenters. The number of H-pyrrole nitrogens is 1. The predicted molar refractivity (Wildman–Crippen MR) is 129 cm³/mol. The van der Waals surface area contributed by atoms with E-state index in [1.54, 1.807) is 11.1 Å². The third-order valence-electron chi connectivity index (χ3n) is 7.92. The molecular formula is C26H28F3N5O3. The second-order valence-corrected chi connectivity index (χ2v) is 10.6. The fourth-order valence-corrected chi connectivity index (χ4v) is 6.11. The summed E-state index contributed by atoms with van der Waals surface area (Å²) < 4.78 is 46.7. The first-order chi connectivity index (χ1) is 17.7. The molecule has 6 rings (SSSR count). The lowest BCUT2D eigenvalue weighted by atomic mass is 9.60. The number of fused-ring (bicyclic) bond motifs is 1. The van der Waals surface area contributed by atoms with Gasteiger partial charge in [0.2, 0.25) is 0 Å². The van der Waals surface area contributed by atoms with Crippen LogP contribution in [0.4, 0.5) is 18.9 Å². The first-order valence-corrected chi connectivity index (χ1v) is 12.5.